The van der Waals surface area contributed by atoms with Crippen LogP contribution in [0.4, 0.5) is 0 Å². The first-order valence-electron chi connectivity index (χ1n) is 10.6. The summed E-state index contributed by atoms with van der Waals surface area (Å²) >= 11 is 0. The zero-order chi connectivity index (χ0) is 20.2. The molecular formula is C24H41NO2. The molecule has 0 saturated heterocycles. The number of rotatable bonds is 16. The van der Waals surface area contributed by atoms with E-state index in [1.54, 1.807) is 6.92 Å². The Morgan fingerprint density at radius 2 is 1.52 bits per heavy atom. The van der Waals surface area contributed by atoms with Gasteiger partial charge in [0.2, 0.25) is 5.91 Å². The van der Waals surface area contributed by atoms with Crippen LogP contribution >= 0.6 is 0 Å². The summed E-state index contributed by atoms with van der Waals surface area (Å²) < 4.78 is 0. The van der Waals surface area contributed by atoms with Crippen molar-refractivity contribution in [3.05, 3.63) is 48.6 Å². The van der Waals surface area contributed by atoms with Crippen LogP contribution in [-0.4, -0.2) is 23.7 Å². The monoisotopic (exact) mass is 375 g/mol. The van der Waals surface area contributed by atoms with Gasteiger partial charge in [0.05, 0.1) is 6.61 Å². The second-order valence-corrected chi connectivity index (χ2v) is 7.17. The third-order valence-corrected chi connectivity index (χ3v) is 4.19. The Balaban J connectivity index is 3.70. The SMILES string of the molecule is CCCCC/C=C\C/C=C\C/C=C\[C@H](C)/C=C\CCCC(=O)N[C@H](C)CO. The Kier molecular flexibility index (Phi) is 18.0. The number of carbonyl (C=O) groups is 1. The molecule has 0 fully saturated rings. The first-order valence-corrected chi connectivity index (χ1v) is 10.6. The van der Waals surface area contributed by atoms with Gasteiger partial charge >= 0.3 is 0 Å². The summed E-state index contributed by atoms with van der Waals surface area (Å²) in [5, 5.41) is 11.7. The van der Waals surface area contributed by atoms with Gasteiger partial charge in [-0.2, -0.15) is 0 Å². The first-order chi connectivity index (χ1) is 13.1. The second kappa shape index (κ2) is 19.2. The van der Waals surface area contributed by atoms with Crippen LogP contribution in [0, 0.1) is 5.92 Å². The van der Waals surface area contributed by atoms with Crippen molar-refractivity contribution in [2.75, 3.05) is 6.61 Å². The molecule has 0 aliphatic carbocycles. The summed E-state index contributed by atoms with van der Waals surface area (Å²) in [6.45, 7) is 6.19. The molecule has 2 atom stereocenters. The molecule has 0 bridgehead atoms. The highest BCUT2D eigenvalue weighted by atomic mass is 16.3. The van der Waals surface area contributed by atoms with Gasteiger partial charge < -0.3 is 10.4 Å². The molecule has 0 aromatic rings. The predicted molar refractivity (Wildman–Crippen MR) is 118 cm³/mol. The third kappa shape index (κ3) is 19.0. The van der Waals surface area contributed by atoms with E-state index in [-0.39, 0.29) is 18.6 Å². The Bertz CT molecular complexity index is 463. The van der Waals surface area contributed by atoms with Gasteiger partial charge in [-0.05, 0) is 51.4 Å². The van der Waals surface area contributed by atoms with Gasteiger partial charge in [0.25, 0.3) is 0 Å². The van der Waals surface area contributed by atoms with Crippen molar-refractivity contribution in [2.45, 2.75) is 84.6 Å². The maximum absolute atomic E-state index is 11.6. The van der Waals surface area contributed by atoms with Crippen molar-refractivity contribution in [3.63, 3.8) is 0 Å². The number of hydrogen-bond donors (Lipinski definition) is 2. The first kappa shape index (κ1) is 25.4. The molecule has 0 unspecified atom stereocenters. The fourth-order valence-corrected chi connectivity index (χ4v) is 2.52. The fourth-order valence-electron chi connectivity index (χ4n) is 2.52. The molecule has 0 heterocycles. The van der Waals surface area contributed by atoms with Crippen LogP contribution in [0.2, 0.25) is 0 Å². The lowest BCUT2D eigenvalue weighted by molar-refractivity contribution is -0.122. The van der Waals surface area contributed by atoms with Crippen LogP contribution in [0.15, 0.2) is 48.6 Å². The summed E-state index contributed by atoms with van der Waals surface area (Å²) in [4.78, 5) is 11.6. The smallest absolute Gasteiger partial charge is 0.220 e. The molecular weight excluding hydrogens is 334 g/mol. The molecule has 154 valence electrons. The average Bonchev–Trinajstić information content (AvgIpc) is 2.65. The minimum atomic E-state index is -0.158. The maximum Gasteiger partial charge on any atom is 0.220 e. The van der Waals surface area contributed by atoms with Gasteiger partial charge in [0.1, 0.15) is 0 Å². The van der Waals surface area contributed by atoms with E-state index in [2.05, 4.69) is 67.8 Å². The maximum atomic E-state index is 11.6. The van der Waals surface area contributed by atoms with Gasteiger partial charge in [-0.25, -0.2) is 0 Å². The van der Waals surface area contributed by atoms with Gasteiger partial charge in [0, 0.05) is 12.5 Å². The van der Waals surface area contributed by atoms with Crippen LogP contribution in [0.1, 0.15) is 78.6 Å². The molecule has 0 aromatic carbocycles. The van der Waals surface area contributed by atoms with Crippen LogP contribution < -0.4 is 5.32 Å². The molecule has 27 heavy (non-hydrogen) atoms. The summed E-state index contributed by atoms with van der Waals surface area (Å²) in [6.07, 6.45) is 27.1. The number of amides is 1. The number of nitrogens with one attached hydrogen (secondary N) is 1. The predicted octanol–water partition coefficient (Wildman–Crippen LogP) is 5.88. The molecule has 3 nitrogen and oxygen atoms in total. The number of aliphatic hydroxyl groups excluding tert-OH is 1. The van der Waals surface area contributed by atoms with Crippen molar-refractivity contribution in [3.8, 4) is 0 Å². The van der Waals surface area contributed by atoms with E-state index in [9.17, 15) is 4.79 Å². The Labute approximate surface area is 167 Å². The molecule has 0 aromatic heterocycles. The van der Waals surface area contributed by atoms with Gasteiger partial charge in [-0.15, -0.1) is 0 Å². The van der Waals surface area contributed by atoms with E-state index in [1.165, 1.54) is 25.7 Å². The van der Waals surface area contributed by atoms with Crippen molar-refractivity contribution >= 4 is 5.91 Å². The Morgan fingerprint density at radius 3 is 2.22 bits per heavy atom. The molecule has 0 radical (unpaired) electrons. The number of aliphatic hydroxyl groups is 1. The van der Waals surface area contributed by atoms with Gasteiger partial charge in [-0.3, -0.25) is 4.79 Å². The summed E-state index contributed by atoms with van der Waals surface area (Å²) in [7, 11) is 0. The van der Waals surface area contributed by atoms with Crippen LogP contribution in [0.25, 0.3) is 0 Å². The zero-order valence-corrected chi connectivity index (χ0v) is 17.7. The van der Waals surface area contributed by atoms with Gasteiger partial charge in [0.15, 0.2) is 0 Å². The molecule has 0 spiro atoms. The van der Waals surface area contributed by atoms with Gasteiger partial charge in [-0.1, -0.05) is 75.3 Å². The van der Waals surface area contributed by atoms with Crippen molar-refractivity contribution in [1.29, 1.82) is 0 Å². The van der Waals surface area contributed by atoms with E-state index in [0.717, 1.165) is 25.7 Å². The standard InChI is InChI=1S/C24H41NO2/c1-4-5-6-7-8-9-10-11-12-13-15-18-22(2)19-16-14-17-20-24(27)25-23(3)21-26/h8-9,11-12,15-16,18-19,22-23,26H,4-7,10,13-14,17,20-21H2,1-3H3,(H,25,27)/b9-8-,12-11-,18-15-,19-16-/t22-,23+/m0/s1. The van der Waals surface area contributed by atoms with E-state index >= 15 is 0 Å². The largest absolute Gasteiger partial charge is 0.394 e. The normalized spacial score (nSPS) is 14.7. The molecule has 0 aliphatic heterocycles. The quantitative estimate of drug-likeness (QED) is 0.262. The highest BCUT2D eigenvalue weighted by Gasteiger charge is 2.04. The Morgan fingerprint density at radius 1 is 0.889 bits per heavy atom. The van der Waals surface area contributed by atoms with Crippen LogP contribution in [0.3, 0.4) is 0 Å². The summed E-state index contributed by atoms with van der Waals surface area (Å²) in [5.74, 6) is 0.431. The lowest BCUT2D eigenvalue weighted by Gasteiger charge is -2.09. The van der Waals surface area contributed by atoms with E-state index in [1.807, 2.05) is 0 Å². The molecule has 0 aliphatic rings. The van der Waals surface area contributed by atoms with E-state index in [0.29, 0.717) is 12.3 Å². The average molecular weight is 376 g/mol. The topological polar surface area (TPSA) is 49.3 Å². The van der Waals surface area contributed by atoms with Crippen LogP contribution in [-0.2, 0) is 4.79 Å². The van der Waals surface area contributed by atoms with Crippen molar-refractivity contribution in [2.24, 2.45) is 5.92 Å². The molecule has 3 heteroatoms. The lowest BCUT2D eigenvalue weighted by Crippen LogP contribution is -2.34. The second-order valence-electron chi connectivity index (χ2n) is 7.17. The minimum Gasteiger partial charge on any atom is -0.394 e. The van der Waals surface area contributed by atoms with Crippen molar-refractivity contribution in [1.82, 2.24) is 5.32 Å². The lowest BCUT2D eigenvalue weighted by atomic mass is 10.1. The zero-order valence-electron chi connectivity index (χ0n) is 17.7. The highest BCUT2D eigenvalue weighted by molar-refractivity contribution is 5.76. The molecule has 2 N–H and O–H groups in total. The van der Waals surface area contributed by atoms with Crippen molar-refractivity contribution < 1.29 is 9.90 Å². The minimum absolute atomic E-state index is 0.0135. The molecule has 0 saturated carbocycles. The molecule has 0 rings (SSSR count). The summed E-state index contributed by atoms with van der Waals surface area (Å²) in [6, 6.07) is -0.158. The van der Waals surface area contributed by atoms with E-state index in [4.69, 9.17) is 5.11 Å². The number of carbonyl (C=O) groups excluding carboxylic acids is 1. The van der Waals surface area contributed by atoms with Crippen LogP contribution in [0.5, 0.6) is 0 Å². The highest BCUT2D eigenvalue weighted by Crippen LogP contribution is 2.05. The third-order valence-electron chi connectivity index (χ3n) is 4.19. The number of allylic oxidation sites excluding steroid dienone is 8. The van der Waals surface area contributed by atoms with E-state index < -0.39 is 0 Å². The molecule has 1 amide bonds. The number of unbranched alkanes of at least 4 members (excludes halogenated alkanes) is 4. The fraction of sp³-hybridized carbons (Fsp3) is 0.625. The summed E-state index contributed by atoms with van der Waals surface area (Å²) in [5.41, 5.74) is 0. The Hall–Kier alpha value is -1.61. The number of hydrogen-bond acceptors (Lipinski definition) is 2.